The standard InChI is InChI=1S/C19H15ClN2O4/c1-25-18-8-6-12(10-15(18)20)17-9-7-13(26-17)11-21-22-19(24)14-4-2-3-5-16(14)23/h2-11,23H,1H3,(H,22,24). The van der Waals surface area contributed by atoms with Crippen molar-refractivity contribution in [3.8, 4) is 22.8 Å². The lowest BCUT2D eigenvalue weighted by molar-refractivity contribution is 0.0952. The molecule has 2 N–H and O–H groups in total. The maximum Gasteiger partial charge on any atom is 0.275 e. The molecule has 0 aliphatic rings. The number of carbonyl (C=O) groups excluding carboxylic acids is 1. The summed E-state index contributed by atoms with van der Waals surface area (Å²) < 4.78 is 10.8. The number of nitrogens with one attached hydrogen (secondary N) is 1. The van der Waals surface area contributed by atoms with Gasteiger partial charge in [-0.25, -0.2) is 5.43 Å². The summed E-state index contributed by atoms with van der Waals surface area (Å²) in [7, 11) is 1.55. The van der Waals surface area contributed by atoms with Gasteiger partial charge < -0.3 is 14.3 Å². The van der Waals surface area contributed by atoms with Crippen LogP contribution in [-0.4, -0.2) is 24.3 Å². The number of methoxy groups -OCH3 is 1. The third kappa shape index (κ3) is 3.87. The van der Waals surface area contributed by atoms with Gasteiger partial charge in [0, 0.05) is 5.56 Å². The minimum Gasteiger partial charge on any atom is -0.507 e. The van der Waals surface area contributed by atoms with Gasteiger partial charge in [0.25, 0.3) is 5.91 Å². The largest absolute Gasteiger partial charge is 0.507 e. The lowest BCUT2D eigenvalue weighted by Crippen LogP contribution is -2.17. The highest BCUT2D eigenvalue weighted by atomic mass is 35.5. The van der Waals surface area contributed by atoms with E-state index in [1.54, 1.807) is 43.5 Å². The van der Waals surface area contributed by atoms with Crippen molar-refractivity contribution in [3.05, 3.63) is 70.9 Å². The molecule has 6 nitrogen and oxygen atoms in total. The first-order chi connectivity index (χ1) is 12.6. The molecule has 2 aromatic carbocycles. The van der Waals surface area contributed by atoms with E-state index in [1.165, 1.54) is 18.3 Å². The molecule has 26 heavy (non-hydrogen) atoms. The molecule has 1 heterocycles. The summed E-state index contributed by atoms with van der Waals surface area (Å²) in [5, 5.41) is 13.9. The van der Waals surface area contributed by atoms with Crippen LogP contribution in [0.5, 0.6) is 11.5 Å². The zero-order chi connectivity index (χ0) is 18.5. The number of halogens is 1. The van der Waals surface area contributed by atoms with Gasteiger partial charge >= 0.3 is 0 Å². The number of para-hydroxylation sites is 1. The third-order valence-corrected chi connectivity index (χ3v) is 3.87. The normalized spacial score (nSPS) is 10.8. The maximum atomic E-state index is 11.9. The van der Waals surface area contributed by atoms with Crippen molar-refractivity contribution in [2.45, 2.75) is 0 Å². The van der Waals surface area contributed by atoms with Crippen molar-refractivity contribution in [1.29, 1.82) is 0 Å². The third-order valence-electron chi connectivity index (χ3n) is 3.57. The second kappa shape index (κ2) is 7.76. The summed E-state index contributed by atoms with van der Waals surface area (Å²) in [6.45, 7) is 0. The van der Waals surface area contributed by atoms with Gasteiger partial charge in [0.15, 0.2) is 0 Å². The molecule has 0 radical (unpaired) electrons. The molecular formula is C19H15ClN2O4. The molecule has 3 aromatic rings. The Balaban J connectivity index is 1.68. The molecule has 0 bridgehead atoms. The second-order valence-corrected chi connectivity index (χ2v) is 5.67. The van der Waals surface area contributed by atoms with E-state index in [4.69, 9.17) is 20.8 Å². The van der Waals surface area contributed by atoms with Crippen molar-refractivity contribution in [3.63, 3.8) is 0 Å². The number of furan rings is 1. The molecule has 132 valence electrons. The molecule has 0 atom stereocenters. The van der Waals surface area contributed by atoms with E-state index in [-0.39, 0.29) is 11.3 Å². The van der Waals surface area contributed by atoms with E-state index in [2.05, 4.69) is 10.5 Å². The van der Waals surface area contributed by atoms with E-state index in [0.29, 0.717) is 22.3 Å². The van der Waals surface area contributed by atoms with Gasteiger partial charge in [0.2, 0.25) is 0 Å². The van der Waals surface area contributed by atoms with Crippen LogP contribution in [0.3, 0.4) is 0 Å². The van der Waals surface area contributed by atoms with Gasteiger partial charge in [0.1, 0.15) is 23.0 Å². The average molecular weight is 371 g/mol. The fraction of sp³-hybridized carbons (Fsp3) is 0.0526. The van der Waals surface area contributed by atoms with Gasteiger partial charge in [-0.3, -0.25) is 4.79 Å². The van der Waals surface area contributed by atoms with E-state index < -0.39 is 5.91 Å². The van der Waals surface area contributed by atoms with Crippen LogP contribution in [0.2, 0.25) is 5.02 Å². The summed E-state index contributed by atoms with van der Waals surface area (Å²) in [5.74, 6) is 0.994. The van der Waals surface area contributed by atoms with Gasteiger partial charge in [-0.1, -0.05) is 23.7 Å². The Hall–Kier alpha value is -3.25. The SMILES string of the molecule is COc1ccc(-c2ccc(C=NNC(=O)c3ccccc3O)o2)cc1Cl. The molecule has 0 saturated heterocycles. The lowest BCUT2D eigenvalue weighted by atomic mass is 10.2. The first-order valence-electron chi connectivity index (χ1n) is 7.63. The van der Waals surface area contributed by atoms with Crippen LogP contribution in [-0.2, 0) is 0 Å². The number of aromatic hydroxyl groups is 1. The molecule has 0 fully saturated rings. The highest BCUT2D eigenvalue weighted by Crippen LogP contribution is 2.30. The molecule has 0 aliphatic carbocycles. The van der Waals surface area contributed by atoms with Crippen LogP contribution >= 0.6 is 11.6 Å². The maximum absolute atomic E-state index is 11.9. The number of hydrogen-bond acceptors (Lipinski definition) is 5. The quantitative estimate of drug-likeness (QED) is 0.523. The van der Waals surface area contributed by atoms with Crippen molar-refractivity contribution < 1.29 is 19.1 Å². The first-order valence-corrected chi connectivity index (χ1v) is 8.01. The second-order valence-electron chi connectivity index (χ2n) is 5.27. The van der Waals surface area contributed by atoms with Crippen molar-refractivity contribution in [2.75, 3.05) is 7.11 Å². The smallest absolute Gasteiger partial charge is 0.275 e. The summed E-state index contributed by atoms with van der Waals surface area (Å²) in [6.07, 6.45) is 1.37. The number of hydrazone groups is 1. The van der Waals surface area contributed by atoms with Crippen LogP contribution < -0.4 is 10.2 Å². The summed E-state index contributed by atoms with van der Waals surface area (Å²) in [5.41, 5.74) is 3.26. The highest BCUT2D eigenvalue weighted by Gasteiger charge is 2.09. The minimum absolute atomic E-state index is 0.114. The van der Waals surface area contributed by atoms with E-state index in [9.17, 15) is 9.90 Å². The van der Waals surface area contributed by atoms with Crippen LogP contribution in [0.1, 0.15) is 16.1 Å². The Kier molecular flexibility index (Phi) is 5.24. The van der Waals surface area contributed by atoms with E-state index in [0.717, 1.165) is 5.56 Å². The number of phenolic OH excluding ortho intramolecular Hbond substituents is 1. The first kappa shape index (κ1) is 17.6. The Morgan fingerprint density at radius 2 is 2.04 bits per heavy atom. The zero-order valence-electron chi connectivity index (χ0n) is 13.8. The molecular weight excluding hydrogens is 356 g/mol. The number of ether oxygens (including phenoxy) is 1. The van der Waals surface area contributed by atoms with Crippen LogP contribution in [0.25, 0.3) is 11.3 Å². The number of amides is 1. The number of rotatable bonds is 5. The molecule has 0 saturated carbocycles. The molecule has 3 rings (SSSR count). The number of hydrogen-bond donors (Lipinski definition) is 2. The predicted octanol–water partition coefficient (Wildman–Crippen LogP) is 4.08. The fourth-order valence-electron chi connectivity index (χ4n) is 2.28. The lowest BCUT2D eigenvalue weighted by Gasteiger charge is -2.04. The van der Waals surface area contributed by atoms with Crippen LogP contribution in [0, 0.1) is 0 Å². The van der Waals surface area contributed by atoms with Crippen molar-refractivity contribution in [2.24, 2.45) is 5.10 Å². The number of benzene rings is 2. The number of nitrogens with zero attached hydrogens (tertiary/aromatic N) is 1. The van der Waals surface area contributed by atoms with Crippen molar-refractivity contribution >= 4 is 23.7 Å². The molecule has 1 amide bonds. The number of carbonyl (C=O) groups is 1. The minimum atomic E-state index is -0.520. The Labute approximate surface area is 154 Å². The summed E-state index contributed by atoms with van der Waals surface area (Å²) in [6, 6.07) is 15.0. The molecule has 0 aliphatic heterocycles. The van der Waals surface area contributed by atoms with Crippen molar-refractivity contribution in [1.82, 2.24) is 5.43 Å². The van der Waals surface area contributed by atoms with E-state index in [1.807, 2.05) is 6.07 Å². The summed E-state index contributed by atoms with van der Waals surface area (Å²) in [4.78, 5) is 11.9. The summed E-state index contributed by atoms with van der Waals surface area (Å²) >= 11 is 6.11. The molecule has 1 aromatic heterocycles. The van der Waals surface area contributed by atoms with Gasteiger partial charge in [0.05, 0.1) is 23.9 Å². The molecule has 0 unspecified atom stereocenters. The molecule has 7 heteroatoms. The van der Waals surface area contributed by atoms with Crippen LogP contribution in [0.15, 0.2) is 64.1 Å². The van der Waals surface area contributed by atoms with Gasteiger partial charge in [-0.05, 0) is 42.5 Å². The Bertz CT molecular complexity index is 966. The fourth-order valence-corrected chi connectivity index (χ4v) is 2.54. The Morgan fingerprint density at radius 3 is 2.77 bits per heavy atom. The van der Waals surface area contributed by atoms with Gasteiger partial charge in [-0.15, -0.1) is 0 Å². The van der Waals surface area contributed by atoms with Gasteiger partial charge in [-0.2, -0.15) is 5.10 Å². The zero-order valence-corrected chi connectivity index (χ0v) is 14.5. The topological polar surface area (TPSA) is 84.1 Å². The average Bonchev–Trinajstić information content (AvgIpc) is 3.11. The predicted molar refractivity (Wildman–Crippen MR) is 98.9 cm³/mol. The van der Waals surface area contributed by atoms with E-state index >= 15 is 0 Å². The number of phenols is 1. The Morgan fingerprint density at radius 1 is 1.23 bits per heavy atom. The van der Waals surface area contributed by atoms with Crippen LogP contribution in [0.4, 0.5) is 0 Å². The molecule has 0 spiro atoms. The monoisotopic (exact) mass is 370 g/mol. The highest BCUT2D eigenvalue weighted by molar-refractivity contribution is 6.32.